The highest BCUT2D eigenvalue weighted by Gasteiger charge is 2.18. The lowest BCUT2D eigenvalue weighted by Crippen LogP contribution is -2.31. The van der Waals surface area contributed by atoms with E-state index in [4.69, 9.17) is 4.74 Å². The second-order valence-corrected chi connectivity index (χ2v) is 6.19. The average molecular weight is 327 g/mol. The van der Waals surface area contributed by atoms with Crippen LogP contribution in [0.25, 0.3) is 0 Å². The van der Waals surface area contributed by atoms with Gasteiger partial charge in [0, 0.05) is 6.54 Å². The average Bonchev–Trinajstić information content (AvgIpc) is 2.61. The van der Waals surface area contributed by atoms with E-state index in [1.807, 2.05) is 30.3 Å². The number of nitrogens with one attached hydrogen (secondary N) is 1. The molecule has 0 aliphatic carbocycles. The van der Waals surface area contributed by atoms with E-state index < -0.39 is 6.10 Å². The molecular weight excluding hydrogens is 298 g/mol. The molecule has 0 amide bonds. The Morgan fingerprint density at radius 3 is 2.46 bits per heavy atom. The normalized spacial score (nSPS) is 13.6. The van der Waals surface area contributed by atoms with Crippen molar-refractivity contribution in [2.75, 3.05) is 19.7 Å². The number of unbranched alkanes of at least 4 members (excludes halogenated alkanes) is 1. The fraction of sp³-hybridized carbons (Fsp3) is 0.429. The van der Waals surface area contributed by atoms with E-state index in [-0.39, 0.29) is 6.10 Å². The van der Waals surface area contributed by atoms with Gasteiger partial charge in [-0.25, -0.2) is 0 Å². The molecule has 2 aromatic carbocycles. The Morgan fingerprint density at radius 1 is 1.04 bits per heavy atom. The summed E-state index contributed by atoms with van der Waals surface area (Å²) >= 11 is 0. The highest BCUT2D eigenvalue weighted by molar-refractivity contribution is 5.35. The predicted octanol–water partition coefficient (Wildman–Crippen LogP) is 3.85. The Bertz CT molecular complexity index is 585. The van der Waals surface area contributed by atoms with Gasteiger partial charge in [-0.15, -0.1) is 0 Å². The topological polar surface area (TPSA) is 41.5 Å². The van der Waals surface area contributed by atoms with Gasteiger partial charge < -0.3 is 15.2 Å². The molecule has 3 heteroatoms. The van der Waals surface area contributed by atoms with Crippen molar-refractivity contribution in [3.63, 3.8) is 0 Å². The summed E-state index contributed by atoms with van der Waals surface area (Å²) in [5, 5.41) is 13.4. The van der Waals surface area contributed by atoms with Crippen LogP contribution in [-0.4, -0.2) is 30.9 Å². The van der Waals surface area contributed by atoms with Gasteiger partial charge in [0.25, 0.3) is 0 Å². The molecule has 2 atom stereocenters. The maximum atomic E-state index is 10.2. The minimum atomic E-state index is -0.503. The number of hydrogen-bond acceptors (Lipinski definition) is 3. The van der Waals surface area contributed by atoms with Gasteiger partial charge in [-0.1, -0.05) is 67.9 Å². The Balaban J connectivity index is 2.01. The van der Waals surface area contributed by atoms with E-state index >= 15 is 0 Å². The van der Waals surface area contributed by atoms with Crippen molar-refractivity contribution in [3.05, 3.63) is 71.3 Å². The van der Waals surface area contributed by atoms with Crippen molar-refractivity contribution in [1.29, 1.82) is 0 Å². The predicted molar refractivity (Wildman–Crippen MR) is 99.2 cm³/mol. The van der Waals surface area contributed by atoms with Crippen LogP contribution >= 0.6 is 0 Å². The molecule has 0 aliphatic heterocycles. The number of aryl methyl sites for hydroxylation is 1. The van der Waals surface area contributed by atoms with E-state index in [1.165, 1.54) is 5.56 Å². The lowest BCUT2D eigenvalue weighted by molar-refractivity contribution is 0.00644. The van der Waals surface area contributed by atoms with Crippen LogP contribution in [0.4, 0.5) is 0 Å². The van der Waals surface area contributed by atoms with Crippen LogP contribution in [0.2, 0.25) is 0 Å². The van der Waals surface area contributed by atoms with Crippen LogP contribution in [-0.2, 0) is 4.74 Å². The Morgan fingerprint density at radius 2 is 1.75 bits per heavy atom. The quantitative estimate of drug-likeness (QED) is 0.651. The highest BCUT2D eigenvalue weighted by Crippen LogP contribution is 2.28. The summed E-state index contributed by atoms with van der Waals surface area (Å²) < 4.78 is 6.12. The molecule has 0 bridgehead atoms. The van der Waals surface area contributed by atoms with Crippen molar-refractivity contribution in [3.8, 4) is 0 Å². The monoisotopic (exact) mass is 327 g/mol. The van der Waals surface area contributed by atoms with Crippen LogP contribution in [0.3, 0.4) is 0 Å². The molecule has 0 aliphatic rings. The van der Waals surface area contributed by atoms with Crippen LogP contribution in [0, 0.1) is 6.92 Å². The molecule has 3 nitrogen and oxygen atoms in total. The number of aliphatic hydroxyl groups excluding tert-OH is 1. The van der Waals surface area contributed by atoms with E-state index in [1.54, 1.807) is 0 Å². The summed E-state index contributed by atoms with van der Waals surface area (Å²) in [7, 11) is 0. The number of hydrogen-bond donors (Lipinski definition) is 2. The SMILES string of the molecule is CCCCNC[C@@H](O)CO[C@H](c1ccccc1)c1ccccc1C. The van der Waals surface area contributed by atoms with Gasteiger partial charge in [0.15, 0.2) is 0 Å². The molecule has 0 radical (unpaired) electrons. The summed E-state index contributed by atoms with van der Waals surface area (Å²) in [6, 6.07) is 18.4. The molecule has 0 saturated carbocycles. The van der Waals surface area contributed by atoms with Crippen molar-refractivity contribution in [2.45, 2.75) is 38.9 Å². The smallest absolute Gasteiger partial charge is 0.108 e. The van der Waals surface area contributed by atoms with Gasteiger partial charge in [0.2, 0.25) is 0 Å². The number of aliphatic hydroxyl groups is 1. The van der Waals surface area contributed by atoms with Crippen LogP contribution in [0.1, 0.15) is 42.6 Å². The first kappa shape index (κ1) is 18.7. The molecule has 0 unspecified atom stereocenters. The van der Waals surface area contributed by atoms with E-state index in [0.29, 0.717) is 13.2 Å². The van der Waals surface area contributed by atoms with Crippen molar-refractivity contribution >= 4 is 0 Å². The standard InChI is InChI=1S/C21H29NO2/c1-3-4-14-22-15-19(23)16-24-21(18-11-6-5-7-12-18)20-13-9-8-10-17(20)2/h5-13,19,21-23H,3-4,14-16H2,1-2H3/t19-,21-/m1/s1. The molecule has 130 valence electrons. The van der Waals surface area contributed by atoms with Gasteiger partial charge >= 0.3 is 0 Å². The first-order valence-electron chi connectivity index (χ1n) is 8.83. The molecule has 0 heterocycles. The zero-order valence-electron chi connectivity index (χ0n) is 14.7. The third kappa shape index (κ3) is 5.75. The summed E-state index contributed by atoms with van der Waals surface area (Å²) in [5.41, 5.74) is 3.45. The third-order valence-corrected chi connectivity index (χ3v) is 4.12. The van der Waals surface area contributed by atoms with E-state index in [0.717, 1.165) is 30.5 Å². The second-order valence-electron chi connectivity index (χ2n) is 6.19. The van der Waals surface area contributed by atoms with Gasteiger partial charge in [0.05, 0.1) is 12.7 Å². The van der Waals surface area contributed by atoms with Gasteiger partial charge in [-0.3, -0.25) is 0 Å². The van der Waals surface area contributed by atoms with E-state index in [2.05, 4.69) is 43.4 Å². The number of rotatable bonds is 10. The zero-order chi connectivity index (χ0) is 17.2. The molecular formula is C21H29NO2. The molecule has 2 N–H and O–H groups in total. The molecule has 0 spiro atoms. The lowest BCUT2D eigenvalue weighted by Gasteiger charge is -2.22. The highest BCUT2D eigenvalue weighted by atomic mass is 16.5. The summed E-state index contributed by atoms with van der Waals surface area (Å²) in [5.74, 6) is 0. The zero-order valence-corrected chi connectivity index (χ0v) is 14.7. The van der Waals surface area contributed by atoms with Crippen LogP contribution < -0.4 is 5.32 Å². The Kier molecular flexibility index (Phi) is 7.96. The summed E-state index contributed by atoms with van der Waals surface area (Å²) in [4.78, 5) is 0. The third-order valence-electron chi connectivity index (χ3n) is 4.12. The Hall–Kier alpha value is -1.68. The molecule has 2 aromatic rings. The maximum absolute atomic E-state index is 10.2. The Labute approximate surface area is 145 Å². The molecule has 0 fully saturated rings. The van der Waals surface area contributed by atoms with Crippen molar-refractivity contribution in [2.24, 2.45) is 0 Å². The van der Waals surface area contributed by atoms with Gasteiger partial charge in [-0.05, 0) is 36.6 Å². The minimum absolute atomic E-state index is 0.155. The maximum Gasteiger partial charge on any atom is 0.108 e. The number of ether oxygens (including phenoxy) is 1. The number of benzene rings is 2. The van der Waals surface area contributed by atoms with Gasteiger partial charge in [-0.2, -0.15) is 0 Å². The summed E-state index contributed by atoms with van der Waals surface area (Å²) in [6.45, 7) is 6.07. The largest absolute Gasteiger partial charge is 0.389 e. The van der Waals surface area contributed by atoms with Crippen LogP contribution in [0.5, 0.6) is 0 Å². The summed E-state index contributed by atoms with van der Waals surface area (Å²) in [6.07, 6.45) is 1.63. The van der Waals surface area contributed by atoms with E-state index in [9.17, 15) is 5.11 Å². The molecule has 2 rings (SSSR count). The molecule has 0 saturated heterocycles. The fourth-order valence-electron chi connectivity index (χ4n) is 2.71. The van der Waals surface area contributed by atoms with Crippen LogP contribution in [0.15, 0.2) is 54.6 Å². The first-order chi connectivity index (χ1) is 11.7. The molecule has 24 heavy (non-hydrogen) atoms. The minimum Gasteiger partial charge on any atom is -0.389 e. The fourth-order valence-corrected chi connectivity index (χ4v) is 2.71. The van der Waals surface area contributed by atoms with Crippen molar-refractivity contribution < 1.29 is 9.84 Å². The molecule has 0 aromatic heterocycles. The lowest BCUT2D eigenvalue weighted by atomic mass is 9.97. The second kappa shape index (κ2) is 10.2. The first-order valence-corrected chi connectivity index (χ1v) is 8.83. The van der Waals surface area contributed by atoms with Crippen molar-refractivity contribution in [1.82, 2.24) is 5.32 Å². The van der Waals surface area contributed by atoms with Gasteiger partial charge in [0.1, 0.15) is 6.10 Å².